The van der Waals surface area contributed by atoms with E-state index >= 15 is 0 Å². The van der Waals surface area contributed by atoms with Crippen LogP contribution < -0.4 is 20.1 Å². The lowest BCUT2D eigenvalue weighted by molar-refractivity contribution is 0.242. The zero-order valence-electron chi connectivity index (χ0n) is 18.3. The summed E-state index contributed by atoms with van der Waals surface area (Å²) in [7, 11) is 3.20. The van der Waals surface area contributed by atoms with Crippen molar-refractivity contribution in [3.63, 3.8) is 0 Å². The fourth-order valence-corrected chi connectivity index (χ4v) is 4.17. The Balaban J connectivity index is 1.75. The number of hydrogen-bond donors (Lipinski definition) is 2. The first-order valence-electron chi connectivity index (χ1n) is 10.6. The van der Waals surface area contributed by atoms with E-state index in [0.717, 1.165) is 39.0 Å². The number of methoxy groups -OCH3 is 2. The molecule has 6 nitrogen and oxygen atoms in total. The Morgan fingerprint density at radius 1 is 0.818 bits per heavy atom. The minimum atomic E-state index is -0.442. The minimum absolute atomic E-state index is 0.279. The molecule has 1 aliphatic heterocycles. The zero-order chi connectivity index (χ0) is 22.8. The number of benzene rings is 3. The van der Waals surface area contributed by atoms with Crippen LogP contribution in [-0.4, -0.2) is 25.2 Å². The average Bonchev–Trinajstić information content (AvgIpc) is 2.88. The number of carbonyl (C=O) groups is 1. The van der Waals surface area contributed by atoms with Gasteiger partial charge in [0.15, 0.2) is 11.5 Å². The number of fused-ring (bicyclic) bond motifs is 1. The largest absolute Gasteiger partial charge is 0.493 e. The average molecular weight is 437 g/mol. The van der Waals surface area contributed by atoms with E-state index in [1.165, 1.54) is 0 Å². The predicted octanol–water partition coefficient (Wildman–Crippen LogP) is 5.17. The van der Waals surface area contributed by atoms with E-state index in [0.29, 0.717) is 11.5 Å². The number of amides is 2. The molecule has 1 atom stereocenters. The number of hydrogen-bond acceptors (Lipinski definition) is 4. The number of urea groups is 1. The SMILES string of the molecule is COc1ccc(C2NC(=O)NC(c3ccccc3)=C2c2ccc3ccccc3n2)cc1OC. The van der Waals surface area contributed by atoms with E-state index in [-0.39, 0.29) is 6.03 Å². The van der Waals surface area contributed by atoms with Gasteiger partial charge in [-0.3, -0.25) is 0 Å². The van der Waals surface area contributed by atoms with Crippen LogP contribution in [0, 0.1) is 0 Å². The second-order valence-corrected chi connectivity index (χ2v) is 7.69. The van der Waals surface area contributed by atoms with Crippen molar-refractivity contribution in [1.29, 1.82) is 0 Å². The molecule has 0 spiro atoms. The van der Waals surface area contributed by atoms with Crippen LogP contribution >= 0.6 is 0 Å². The van der Waals surface area contributed by atoms with Gasteiger partial charge in [0, 0.05) is 11.0 Å². The molecule has 6 heteroatoms. The fourth-order valence-electron chi connectivity index (χ4n) is 4.17. The molecule has 33 heavy (non-hydrogen) atoms. The molecule has 1 unspecified atom stereocenters. The van der Waals surface area contributed by atoms with E-state index in [9.17, 15) is 4.79 Å². The number of ether oxygens (including phenoxy) is 2. The van der Waals surface area contributed by atoms with Crippen molar-refractivity contribution >= 4 is 28.2 Å². The van der Waals surface area contributed by atoms with Crippen LogP contribution in [-0.2, 0) is 0 Å². The van der Waals surface area contributed by atoms with Gasteiger partial charge in [-0.1, -0.05) is 60.7 Å². The van der Waals surface area contributed by atoms with E-state index in [1.54, 1.807) is 14.2 Å². The van der Waals surface area contributed by atoms with Gasteiger partial charge in [0.1, 0.15) is 0 Å². The van der Waals surface area contributed by atoms with E-state index in [4.69, 9.17) is 14.5 Å². The van der Waals surface area contributed by atoms with Crippen LogP contribution in [0.4, 0.5) is 4.79 Å². The van der Waals surface area contributed by atoms with Crippen molar-refractivity contribution in [3.05, 3.63) is 102 Å². The van der Waals surface area contributed by atoms with Crippen LogP contribution in [0.1, 0.15) is 22.9 Å². The number of carbonyl (C=O) groups excluding carboxylic acids is 1. The molecule has 0 aliphatic carbocycles. The molecule has 1 aliphatic rings. The maximum Gasteiger partial charge on any atom is 0.320 e. The third-order valence-corrected chi connectivity index (χ3v) is 5.75. The molecular weight excluding hydrogens is 414 g/mol. The first-order valence-corrected chi connectivity index (χ1v) is 10.6. The van der Waals surface area contributed by atoms with Gasteiger partial charge >= 0.3 is 6.03 Å². The van der Waals surface area contributed by atoms with Crippen LogP contribution in [0.3, 0.4) is 0 Å². The van der Waals surface area contributed by atoms with Gasteiger partial charge in [-0.2, -0.15) is 0 Å². The molecule has 0 saturated heterocycles. The van der Waals surface area contributed by atoms with E-state index in [2.05, 4.69) is 16.7 Å². The number of para-hydroxylation sites is 1. The van der Waals surface area contributed by atoms with E-state index in [1.807, 2.05) is 78.9 Å². The smallest absolute Gasteiger partial charge is 0.320 e. The highest BCUT2D eigenvalue weighted by Crippen LogP contribution is 2.40. The fraction of sp³-hybridized carbons (Fsp3) is 0.111. The lowest BCUT2D eigenvalue weighted by Crippen LogP contribution is -2.43. The van der Waals surface area contributed by atoms with Crippen molar-refractivity contribution < 1.29 is 14.3 Å². The normalized spacial score (nSPS) is 15.7. The third-order valence-electron chi connectivity index (χ3n) is 5.75. The van der Waals surface area contributed by atoms with Crippen molar-refractivity contribution in [1.82, 2.24) is 15.6 Å². The molecule has 164 valence electrons. The molecule has 0 fully saturated rings. The summed E-state index contributed by atoms with van der Waals surface area (Å²) in [5, 5.41) is 7.14. The third kappa shape index (κ3) is 3.87. The number of nitrogens with zero attached hydrogens (tertiary/aromatic N) is 1. The molecule has 4 aromatic rings. The van der Waals surface area contributed by atoms with Crippen LogP contribution in [0.5, 0.6) is 11.5 Å². The van der Waals surface area contributed by atoms with Crippen molar-refractivity contribution in [2.24, 2.45) is 0 Å². The number of pyridine rings is 1. The summed E-state index contributed by atoms with van der Waals surface area (Å²) in [4.78, 5) is 17.7. The second-order valence-electron chi connectivity index (χ2n) is 7.69. The Labute approximate surface area is 191 Å². The van der Waals surface area contributed by atoms with Crippen molar-refractivity contribution in [3.8, 4) is 11.5 Å². The highest BCUT2D eigenvalue weighted by atomic mass is 16.5. The minimum Gasteiger partial charge on any atom is -0.493 e. The van der Waals surface area contributed by atoms with Gasteiger partial charge < -0.3 is 20.1 Å². The lowest BCUT2D eigenvalue weighted by atomic mass is 9.90. The first kappa shape index (κ1) is 20.6. The second kappa shape index (κ2) is 8.67. The summed E-state index contributed by atoms with van der Waals surface area (Å²) in [6.45, 7) is 0. The highest BCUT2D eigenvalue weighted by molar-refractivity contribution is 6.03. The molecular formula is C27H23N3O3. The molecule has 0 saturated carbocycles. The molecule has 2 amide bonds. The van der Waals surface area contributed by atoms with Gasteiger partial charge in [-0.05, 0) is 35.4 Å². The van der Waals surface area contributed by atoms with Gasteiger partial charge in [-0.25, -0.2) is 9.78 Å². The van der Waals surface area contributed by atoms with Crippen LogP contribution in [0.25, 0.3) is 22.2 Å². The molecule has 2 N–H and O–H groups in total. The van der Waals surface area contributed by atoms with E-state index < -0.39 is 6.04 Å². The standard InChI is InChI=1S/C27H23N3O3/c1-32-22-15-13-19(16-23(22)33-2)26-24(21-14-12-17-8-6-7-11-20(17)28-21)25(29-27(31)30-26)18-9-4-3-5-10-18/h3-16,26H,1-2H3,(H2,29,30,31). The Kier molecular flexibility index (Phi) is 5.40. The summed E-state index contributed by atoms with van der Waals surface area (Å²) in [6, 6.07) is 26.8. The zero-order valence-corrected chi connectivity index (χ0v) is 18.3. The van der Waals surface area contributed by atoms with Crippen LogP contribution in [0.2, 0.25) is 0 Å². The van der Waals surface area contributed by atoms with Gasteiger partial charge in [0.2, 0.25) is 0 Å². The molecule has 2 heterocycles. The van der Waals surface area contributed by atoms with Gasteiger partial charge in [-0.15, -0.1) is 0 Å². The highest BCUT2D eigenvalue weighted by Gasteiger charge is 2.31. The van der Waals surface area contributed by atoms with Gasteiger partial charge in [0.05, 0.1) is 37.2 Å². The molecule has 5 rings (SSSR count). The van der Waals surface area contributed by atoms with Crippen LogP contribution in [0.15, 0.2) is 84.9 Å². The summed E-state index contributed by atoms with van der Waals surface area (Å²) in [5.74, 6) is 1.22. The van der Waals surface area contributed by atoms with Gasteiger partial charge in [0.25, 0.3) is 0 Å². The maximum absolute atomic E-state index is 12.8. The number of aromatic nitrogens is 1. The van der Waals surface area contributed by atoms with Crippen molar-refractivity contribution in [2.45, 2.75) is 6.04 Å². The lowest BCUT2D eigenvalue weighted by Gasteiger charge is -2.31. The molecule has 1 aromatic heterocycles. The monoisotopic (exact) mass is 437 g/mol. The maximum atomic E-state index is 12.8. The first-order chi connectivity index (χ1) is 16.2. The number of rotatable bonds is 5. The Morgan fingerprint density at radius 2 is 1.58 bits per heavy atom. The quantitative estimate of drug-likeness (QED) is 0.452. The molecule has 0 bridgehead atoms. The summed E-state index contributed by atoms with van der Waals surface area (Å²) in [6.07, 6.45) is 0. The Bertz CT molecular complexity index is 1370. The Morgan fingerprint density at radius 3 is 2.36 bits per heavy atom. The molecule has 0 radical (unpaired) electrons. The Hall–Kier alpha value is -4.32. The predicted molar refractivity (Wildman–Crippen MR) is 129 cm³/mol. The number of nitrogens with one attached hydrogen (secondary N) is 2. The summed E-state index contributed by atoms with van der Waals surface area (Å²) < 4.78 is 10.9. The van der Waals surface area contributed by atoms with Crippen molar-refractivity contribution in [2.75, 3.05) is 14.2 Å². The topological polar surface area (TPSA) is 72.5 Å². The summed E-state index contributed by atoms with van der Waals surface area (Å²) in [5.41, 5.74) is 5.03. The molecule has 3 aromatic carbocycles. The summed E-state index contributed by atoms with van der Waals surface area (Å²) >= 11 is 0.